The fourth-order valence-electron chi connectivity index (χ4n) is 4.06. The van der Waals surface area contributed by atoms with Crippen LogP contribution >= 0.6 is 0 Å². The lowest BCUT2D eigenvalue weighted by molar-refractivity contribution is 0.104. The summed E-state index contributed by atoms with van der Waals surface area (Å²) in [5.74, 6) is 4.02. The Labute approximate surface area is 207 Å². The molecular weight excluding hydrogens is 436 g/mol. The molecule has 0 bridgehead atoms. The molecule has 0 spiro atoms. The number of ether oxygens (including phenoxy) is 2. The van der Waals surface area contributed by atoms with Crippen LogP contribution in [0.25, 0.3) is 6.08 Å². The molecule has 1 heterocycles. The van der Waals surface area contributed by atoms with E-state index in [-0.39, 0.29) is 12.4 Å². The van der Waals surface area contributed by atoms with Crippen molar-refractivity contribution in [3.05, 3.63) is 95.6 Å². The van der Waals surface area contributed by atoms with E-state index >= 15 is 0 Å². The van der Waals surface area contributed by atoms with Crippen LogP contribution in [-0.2, 0) is 6.54 Å². The molecule has 1 aliphatic heterocycles. The second kappa shape index (κ2) is 11.9. The molecule has 5 nitrogen and oxygen atoms in total. The summed E-state index contributed by atoms with van der Waals surface area (Å²) in [7, 11) is 1.69. The maximum atomic E-state index is 12.6. The van der Waals surface area contributed by atoms with Gasteiger partial charge in [0.25, 0.3) is 0 Å². The molecule has 4 rings (SSSR count). The molecular formula is C30H30N2O3. The summed E-state index contributed by atoms with van der Waals surface area (Å²) in [6.07, 6.45) is 8.61. The van der Waals surface area contributed by atoms with E-state index < -0.39 is 0 Å². The average molecular weight is 467 g/mol. The highest BCUT2D eigenvalue weighted by Gasteiger charge is 2.17. The largest absolute Gasteiger partial charge is 0.497 e. The molecule has 1 aliphatic rings. The average Bonchev–Trinajstić information content (AvgIpc) is 2.92. The molecule has 0 radical (unpaired) electrons. The lowest BCUT2D eigenvalue weighted by atomic mass is 10.1. The first-order valence-corrected chi connectivity index (χ1v) is 11.7. The third-order valence-electron chi connectivity index (χ3n) is 6.08. The summed E-state index contributed by atoms with van der Waals surface area (Å²) in [6.45, 7) is 5.11. The van der Waals surface area contributed by atoms with Crippen molar-refractivity contribution in [2.24, 2.45) is 0 Å². The van der Waals surface area contributed by atoms with Crippen LogP contribution < -0.4 is 14.4 Å². The number of carbonyl (C=O) groups excluding carboxylic acids is 1. The van der Waals surface area contributed by atoms with Crippen LogP contribution in [0, 0.1) is 12.3 Å². The molecule has 1 saturated heterocycles. The second-order valence-electron chi connectivity index (χ2n) is 8.42. The van der Waals surface area contributed by atoms with E-state index in [4.69, 9.17) is 15.9 Å². The van der Waals surface area contributed by atoms with E-state index in [1.165, 1.54) is 5.56 Å². The number of benzene rings is 3. The van der Waals surface area contributed by atoms with E-state index in [1.807, 2.05) is 66.7 Å². The number of methoxy groups -OCH3 is 1. The van der Waals surface area contributed by atoms with Gasteiger partial charge in [0.1, 0.15) is 18.1 Å². The van der Waals surface area contributed by atoms with Gasteiger partial charge in [-0.25, -0.2) is 0 Å². The van der Waals surface area contributed by atoms with Gasteiger partial charge in [-0.1, -0.05) is 36.3 Å². The van der Waals surface area contributed by atoms with Crippen LogP contribution in [-0.4, -0.2) is 50.6 Å². The Morgan fingerprint density at radius 3 is 2.20 bits per heavy atom. The van der Waals surface area contributed by atoms with Crippen LogP contribution in [0.4, 0.5) is 5.69 Å². The van der Waals surface area contributed by atoms with Crippen molar-refractivity contribution >= 4 is 17.5 Å². The first kappa shape index (κ1) is 24.1. The van der Waals surface area contributed by atoms with E-state index in [0.717, 1.165) is 49.7 Å². The molecule has 5 heteroatoms. The number of hydrogen-bond donors (Lipinski definition) is 0. The highest BCUT2D eigenvalue weighted by Crippen LogP contribution is 2.20. The molecule has 3 aromatic rings. The number of anilines is 1. The van der Waals surface area contributed by atoms with E-state index in [2.05, 4.69) is 27.9 Å². The minimum Gasteiger partial charge on any atom is -0.497 e. The Balaban J connectivity index is 1.27. The Hall–Kier alpha value is -4.01. The van der Waals surface area contributed by atoms with Crippen molar-refractivity contribution in [2.45, 2.75) is 6.54 Å². The standard InChI is InChI=1S/C30H30N2O3/c1-3-22-35-29-15-4-24(5-16-29)8-17-30(33)26-9-11-27(12-10-26)32-20-18-31(19-21-32)23-25-6-13-28(34-2)14-7-25/h1,4-17H,18-23H2,2H3/b17-8+. The van der Waals surface area contributed by atoms with Crippen molar-refractivity contribution in [3.8, 4) is 23.8 Å². The number of piperazine rings is 1. The minimum atomic E-state index is -0.0199. The normalized spacial score (nSPS) is 14.0. The van der Waals surface area contributed by atoms with Crippen LogP contribution in [0.2, 0.25) is 0 Å². The SMILES string of the molecule is C#CCOc1ccc(/C=C/C(=O)c2ccc(N3CCN(Cc4ccc(OC)cc4)CC3)cc2)cc1. The lowest BCUT2D eigenvalue weighted by Gasteiger charge is -2.36. The minimum absolute atomic E-state index is 0.0199. The zero-order valence-corrected chi connectivity index (χ0v) is 20.0. The number of nitrogens with zero attached hydrogens (tertiary/aromatic N) is 2. The van der Waals surface area contributed by atoms with Gasteiger partial charge in [0, 0.05) is 44.0 Å². The maximum absolute atomic E-state index is 12.6. The van der Waals surface area contributed by atoms with Gasteiger partial charge in [-0.2, -0.15) is 0 Å². The second-order valence-corrected chi connectivity index (χ2v) is 8.42. The Bertz CT molecular complexity index is 1170. The van der Waals surface area contributed by atoms with E-state index in [0.29, 0.717) is 11.3 Å². The summed E-state index contributed by atoms with van der Waals surface area (Å²) in [6, 6.07) is 23.6. The first-order chi connectivity index (χ1) is 17.1. The number of rotatable bonds is 9. The molecule has 0 atom stereocenters. The fourth-order valence-corrected chi connectivity index (χ4v) is 4.06. The molecule has 0 aromatic heterocycles. The van der Waals surface area contributed by atoms with Gasteiger partial charge in [-0.3, -0.25) is 9.69 Å². The first-order valence-electron chi connectivity index (χ1n) is 11.7. The Morgan fingerprint density at radius 2 is 1.57 bits per heavy atom. The quantitative estimate of drug-likeness (QED) is 0.254. The number of hydrogen-bond acceptors (Lipinski definition) is 5. The van der Waals surface area contributed by atoms with Gasteiger partial charge in [0.2, 0.25) is 0 Å². The summed E-state index contributed by atoms with van der Waals surface area (Å²) in [5, 5.41) is 0. The van der Waals surface area contributed by atoms with Crippen molar-refractivity contribution < 1.29 is 14.3 Å². The number of terminal acetylenes is 1. The van der Waals surface area contributed by atoms with Crippen LogP contribution in [0.1, 0.15) is 21.5 Å². The summed E-state index contributed by atoms with van der Waals surface area (Å²) in [4.78, 5) is 17.4. The summed E-state index contributed by atoms with van der Waals surface area (Å²) in [5.41, 5.74) is 4.05. The van der Waals surface area contributed by atoms with Gasteiger partial charge in [0.15, 0.2) is 5.78 Å². The monoisotopic (exact) mass is 466 g/mol. The highest BCUT2D eigenvalue weighted by atomic mass is 16.5. The number of ketones is 1. The van der Waals surface area contributed by atoms with Gasteiger partial charge < -0.3 is 14.4 Å². The highest BCUT2D eigenvalue weighted by molar-refractivity contribution is 6.07. The molecule has 0 saturated carbocycles. The zero-order valence-electron chi connectivity index (χ0n) is 20.0. The van der Waals surface area contributed by atoms with Crippen LogP contribution in [0.5, 0.6) is 11.5 Å². The van der Waals surface area contributed by atoms with Gasteiger partial charge in [0.05, 0.1) is 7.11 Å². The van der Waals surface area contributed by atoms with Crippen LogP contribution in [0.3, 0.4) is 0 Å². The molecule has 0 amide bonds. The third kappa shape index (κ3) is 6.75. The summed E-state index contributed by atoms with van der Waals surface area (Å²) >= 11 is 0. The molecule has 0 unspecified atom stereocenters. The smallest absolute Gasteiger partial charge is 0.185 e. The summed E-state index contributed by atoms with van der Waals surface area (Å²) < 4.78 is 10.6. The predicted molar refractivity (Wildman–Crippen MR) is 141 cm³/mol. The van der Waals surface area contributed by atoms with Crippen molar-refractivity contribution in [1.82, 2.24) is 4.90 Å². The molecule has 0 N–H and O–H groups in total. The van der Waals surface area contributed by atoms with Crippen molar-refractivity contribution in [1.29, 1.82) is 0 Å². The lowest BCUT2D eigenvalue weighted by Crippen LogP contribution is -2.45. The molecule has 178 valence electrons. The Morgan fingerprint density at radius 1 is 0.914 bits per heavy atom. The fraction of sp³-hybridized carbons (Fsp3) is 0.233. The van der Waals surface area contributed by atoms with E-state index in [1.54, 1.807) is 13.2 Å². The third-order valence-corrected chi connectivity index (χ3v) is 6.08. The van der Waals surface area contributed by atoms with Gasteiger partial charge in [-0.15, -0.1) is 6.42 Å². The number of carbonyl (C=O) groups is 1. The van der Waals surface area contributed by atoms with Gasteiger partial charge >= 0.3 is 0 Å². The molecule has 1 fully saturated rings. The van der Waals surface area contributed by atoms with Crippen molar-refractivity contribution in [2.75, 3.05) is 44.8 Å². The topological polar surface area (TPSA) is 42.0 Å². The molecule has 3 aromatic carbocycles. The molecule has 0 aliphatic carbocycles. The van der Waals surface area contributed by atoms with Gasteiger partial charge in [-0.05, 0) is 65.7 Å². The van der Waals surface area contributed by atoms with Crippen LogP contribution in [0.15, 0.2) is 78.9 Å². The Kier molecular flexibility index (Phi) is 8.21. The maximum Gasteiger partial charge on any atom is 0.185 e. The van der Waals surface area contributed by atoms with Crippen molar-refractivity contribution in [3.63, 3.8) is 0 Å². The van der Waals surface area contributed by atoms with E-state index in [9.17, 15) is 4.79 Å². The zero-order chi connectivity index (χ0) is 24.5. The number of allylic oxidation sites excluding steroid dienone is 1. The predicted octanol–water partition coefficient (Wildman–Crippen LogP) is 4.93. The molecule has 35 heavy (non-hydrogen) atoms.